The van der Waals surface area contributed by atoms with E-state index in [0.717, 1.165) is 39.9 Å². The van der Waals surface area contributed by atoms with E-state index in [1.165, 1.54) is 0 Å². The molecule has 1 aliphatic rings. The summed E-state index contributed by atoms with van der Waals surface area (Å²) in [7, 11) is 3.29. The Labute approximate surface area is 150 Å². The number of thiazole rings is 1. The van der Waals surface area contributed by atoms with Gasteiger partial charge in [0.25, 0.3) is 0 Å². The summed E-state index contributed by atoms with van der Waals surface area (Å²) < 4.78 is 11.8. The van der Waals surface area contributed by atoms with E-state index < -0.39 is 0 Å². The van der Waals surface area contributed by atoms with Crippen molar-refractivity contribution in [3.63, 3.8) is 0 Å². The first-order valence-electron chi connectivity index (χ1n) is 8.08. The molecule has 1 N–H and O–H groups in total. The summed E-state index contributed by atoms with van der Waals surface area (Å²) in [6.45, 7) is 6.90. The van der Waals surface area contributed by atoms with Gasteiger partial charge < -0.3 is 24.6 Å². The first kappa shape index (κ1) is 17.3. The van der Waals surface area contributed by atoms with Crippen LogP contribution >= 0.6 is 11.3 Å². The van der Waals surface area contributed by atoms with Crippen molar-refractivity contribution >= 4 is 32.7 Å². The van der Waals surface area contributed by atoms with Gasteiger partial charge in [-0.3, -0.25) is 0 Å². The van der Waals surface area contributed by atoms with E-state index in [4.69, 9.17) is 14.5 Å². The Morgan fingerprint density at radius 3 is 2.60 bits per heavy atom. The van der Waals surface area contributed by atoms with Crippen LogP contribution in [0.15, 0.2) is 24.8 Å². The first-order valence-corrected chi connectivity index (χ1v) is 8.89. The maximum atomic E-state index is 12.0. The van der Waals surface area contributed by atoms with Gasteiger partial charge >= 0.3 is 6.03 Å². The van der Waals surface area contributed by atoms with E-state index in [9.17, 15) is 4.79 Å². The molecule has 134 valence electrons. The smallest absolute Gasteiger partial charge is 0.317 e. The largest absolute Gasteiger partial charge is 0.495 e. The molecular formula is C17H22N4O3S. The third-order valence-corrected chi connectivity index (χ3v) is 5.26. The van der Waals surface area contributed by atoms with Crippen molar-refractivity contribution in [3.8, 4) is 11.5 Å². The number of anilines is 1. The molecule has 0 bridgehead atoms. The van der Waals surface area contributed by atoms with Crippen molar-refractivity contribution < 1.29 is 14.3 Å². The lowest BCUT2D eigenvalue weighted by atomic mass is 10.3. The molecule has 7 nitrogen and oxygen atoms in total. The van der Waals surface area contributed by atoms with Gasteiger partial charge in [0.05, 0.1) is 14.2 Å². The number of hydrogen-bond donors (Lipinski definition) is 1. The Morgan fingerprint density at radius 1 is 1.28 bits per heavy atom. The second-order valence-electron chi connectivity index (χ2n) is 5.59. The fraction of sp³-hybridized carbons (Fsp3) is 0.412. The Kier molecular flexibility index (Phi) is 5.28. The average molecular weight is 362 g/mol. The SMILES string of the molecule is C=CCNC(=O)N1CCN(c2nc3c(OC)ccc(OC)c3s2)CC1. The van der Waals surface area contributed by atoms with Crippen molar-refractivity contribution in [1.82, 2.24) is 15.2 Å². The molecular weight excluding hydrogens is 340 g/mol. The highest BCUT2D eigenvalue weighted by Crippen LogP contribution is 2.40. The van der Waals surface area contributed by atoms with Crippen LogP contribution in [-0.2, 0) is 0 Å². The number of nitrogens with one attached hydrogen (secondary N) is 1. The number of amides is 2. The maximum Gasteiger partial charge on any atom is 0.317 e. The van der Waals surface area contributed by atoms with Crippen LogP contribution in [0.2, 0.25) is 0 Å². The minimum atomic E-state index is -0.0489. The van der Waals surface area contributed by atoms with Crippen molar-refractivity contribution in [2.45, 2.75) is 0 Å². The summed E-state index contributed by atoms with van der Waals surface area (Å²) in [6.07, 6.45) is 1.68. The predicted molar refractivity (Wildman–Crippen MR) is 100 cm³/mol. The normalized spacial score (nSPS) is 14.5. The highest BCUT2D eigenvalue weighted by Gasteiger charge is 2.24. The molecule has 1 aliphatic heterocycles. The van der Waals surface area contributed by atoms with Gasteiger partial charge in [-0.25, -0.2) is 9.78 Å². The van der Waals surface area contributed by atoms with Crippen LogP contribution in [0.3, 0.4) is 0 Å². The number of piperazine rings is 1. The van der Waals surface area contributed by atoms with Crippen molar-refractivity contribution in [3.05, 3.63) is 24.8 Å². The second kappa shape index (κ2) is 7.60. The Balaban J connectivity index is 1.75. The lowest BCUT2D eigenvalue weighted by molar-refractivity contribution is 0.195. The summed E-state index contributed by atoms with van der Waals surface area (Å²) in [4.78, 5) is 20.8. The van der Waals surface area contributed by atoms with E-state index in [-0.39, 0.29) is 6.03 Å². The maximum absolute atomic E-state index is 12.0. The molecule has 1 aromatic carbocycles. The van der Waals surface area contributed by atoms with Gasteiger partial charge in [-0.2, -0.15) is 0 Å². The molecule has 1 fully saturated rings. The van der Waals surface area contributed by atoms with Crippen LogP contribution in [0, 0.1) is 0 Å². The van der Waals surface area contributed by atoms with Gasteiger partial charge in [-0.1, -0.05) is 17.4 Å². The van der Waals surface area contributed by atoms with Crippen molar-refractivity contribution in [1.29, 1.82) is 0 Å². The molecule has 0 unspecified atom stereocenters. The number of nitrogens with zero attached hydrogens (tertiary/aromatic N) is 3. The van der Waals surface area contributed by atoms with Crippen LogP contribution in [0.1, 0.15) is 0 Å². The van der Waals surface area contributed by atoms with Gasteiger partial charge in [-0.15, -0.1) is 6.58 Å². The molecule has 0 radical (unpaired) electrons. The number of hydrogen-bond acceptors (Lipinski definition) is 6. The number of fused-ring (bicyclic) bond motifs is 1. The third kappa shape index (κ3) is 3.48. The van der Waals surface area contributed by atoms with Crippen LogP contribution in [0.4, 0.5) is 9.93 Å². The number of aromatic nitrogens is 1. The summed E-state index contributed by atoms with van der Waals surface area (Å²) >= 11 is 1.59. The Hall–Kier alpha value is -2.48. The minimum Gasteiger partial charge on any atom is -0.495 e. The molecule has 0 saturated carbocycles. The fourth-order valence-electron chi connectivity index (χ4n) is 2.78. The number of benzene rings is 1. The lowest BCUT2D eigenvalue weighted by Gasteiger charge is -2.34. The lowest BCUT2D eigenvalue weighted by Crippen LogP contribution is -2.51. The van der Waals surface area contributed by atoms with E-state index >= 15 is 0 Å². The molecule has 3 rings (SSSR count). The quantitative estimate of drug-likeness (QED) is 0.827. The molecule has 0 spiro atoms. The van der Waals surface area contributed by atoms with E-state index in [1.807, 2.05) is 17.0 Å². The highest BCUT2D eigenvalue weighted by atomic mass is 32.1. The summed E-state index contributed by atoms with van der Waals surface area (Å²) in [5, 5.41) is 3.73. The zero-order chi connectivity index (χ0) is 17.8. The van der Waals surface area contributed by atoms with Crippen LogP contribution in [0.5, 0.6) is 11.5 Å². The molecule has 0 aliphatic carbocycles. The Morgan fingerprint density at radius 2 is 1.96 bits per heavy atom. The monoisotopic (exact) mass is 362 g/mol. The summed E-state index contributed by atoms with van der Waals surface area (Å²) in [6, 6.07) is 3.71. The van der Waals surface area contributed by atoms with Gasteiger partial charge in [0.1, 0.15) is 21.7 Å². The van der Waals surface area contributed by atoms with Gasteiger partial charge in [-0.05, 0) is 12.1 Å². The first-order chi connectivity index (χ1) is 12.2. The number of methoxy groups -OCH3 is 2. The molecule has 8 heteroatoms. The molecule has 2 amide bonds. The van der Waals surface area contributed by atoms with E-state index in [0.29, 0.717) is 19.6 Å². The Bertz CT molecular complexity index is 728. The standard InChI is InChI=1S/C17H22N4O3S/c1-4-7-18-16(22)20-8-10-21(11-9-20)17-19-14-12(23-2)5-6-13(24-3)15(14)25-17/h4-6H,1,7-11H2,2-3H3,(H,18,22). The van der Waals surface area contributed by atoms with Crippen molar-refractivity contribution in [2.24, 2.45) is 0 Å². The number of rotatable bonds is 5. The van der Waals surface area contributed by atoms with Crippen LogP contribution in [0.25, 0.3) is 10.2 Å². The topological polar surface area (TPSA) is 66.9 Å². The number of carbonyl (C=O) groups excluding carboxylic acids is 1. The second-order valence-corrected chi connectivity index (χ2v) is 6.57. The number of urea groups is 1. The predicted octanol–water partition coefficient (Wildman–Crippen LogP) is 2.33. The van der Waals surface area contributed by atoms with Crippen molar-refractivity contribution in [2.75, 3.05) is 51.8 Å². The van der Waals surface area contributed by atoms with Gasteiger partial charge in [0, 0.05) is 32.7 Å². The van der Waals surface area contributed by atoms with E-state index in [2.05, 4.69) is 16.8 Å². The highest BCUT2D eigenvalue weighted by molar-refractivity contribution is 7.22. The fourth-order valence-corrected chi connectivity index (χ4v) is 3.91. The molecule has 1 aromatic heterocycles. The van der Waals surface area contributed by atoms with E-state index in [1.54, 1.807) is 31.6 Å². The van der Waals surface area contributed by atoms with Crippen LogP contribution < -0.4 is 19.7 Å². The minimum absolute atomic E-state index is 0.0489. The molecule has 1 saturated heterocycles. The average Bonchev–Trinajstić information content (AvgIpc) is 3.10. The van der Waals surface area contributed by atoms with Gasteiger partial charge in [0.15, 0.2) is 5.13 Å². The molecule has 2 aromatic rings. The molecule has 0 atom stereocenters. The number of ether oxygens (including phenoxy) is 2. The van der Waals surface area contributed by atoms with Crippen LogP contribution in [-0.4, -0.2) is 62.9 Å². The molecule has 2 heterocycles. The zero-order valence-electron chi connectivity index (χ0n) is 14.4. The summed E-state index contributed by atoms with van der Waals surface area (Å²) in [5.41, 5.74) is 0.813. The zero-order valence-corrected chi connectivity index (χ0v) is 15.3. The summed E-state index contributed by atoms with van der Waals surface area (Å²) in [5.74, 6) is 1.53. The van der Waals surface area contributed by atoms with Gasteiger partial charge in [0.2, 0.25) is 0 Å². The number of carbonyl (C=O) groups is 1. The third-order valence-electron chi connectivity index (χ3n) is 4.13. The molecule has 25 heavy (non-hydrogen) atoms.